The molecule has 0 spiro atoms. The third-order valence-electron chi connectivity index (χ3n) is 3.51. The number of hydrogen-bond donors (Lipinski definition) is 1. The summed E-state index contributed by atoms with van der Waals surface area (Å²) in [6.45, 7) is 7.54. The molecule has 0 aliphatic carbocycles. The molecule has 2 rings (SSSR count). The number of amides is 1. The fourth-order valence-electron chi connectivity index (χ4n) is 2.59. The number of nitrogens with zero attached hydrogens (tertiary/aromatic N) is 1. The summed E-state index contributed by atoms with van der Waals surface area (Å²) in [7, 11) is 0. The molecule has 1 saturated heterocycles. The molecule has 0 radical (unpaired) electrons. The Labute approximate surface area is 127 Å². The molecule has 1 aliphatic heterocycles. The highest BCUT2D eigenvalue weighted by Gasteiger charge is 2.29. The van der Waals surface area contributed by atoms with Crippen molar-refractivity contribution in [1.29, 1.82) is 0 Å². The van der Waals surface area contributed by atoms with Gasteiger partial charge in [0.25, 0.3) is 0 Å². The highest BCUT2D eigenvalue weighted by Crippen LogP contribution is 2.23. The second-order valence-corrected chi connectivity index (χ2v) is 6.54. The van der Waals surface area contributed by atoms with Gasteiger partial charge in [-0.1, -0.05) is 24.6 Å². The summed E-state index contributed by atoms with van der Waals surface area (Å²) in [6, 6.07) is 9.95. The SMILES string of the molecule is CC(C)(C)OC(=O)N(c1ccccc1)C1CCCCNC1. The van der Waals surface area contributed by atoms with Gasteiger partial charge in [0, 0.05) is 12.2 Å². The summed E-state index contributed by atoms with van der Waals surface area (Å²) in [4.78, 5) is 14.5. The van der Waals surface area contributed by atoms with Crippen LogP contribution in [0.4, 0.5) is 10.5 Å². The Morgan fingerprint density at radius 2 is 1.95 bits per heavy atom. The number of anilines is 1. The zero-order valence-electron chi connectivity index (χ0n) is 13.3. The molecule has 0 aromatic heterocycles. The van der Waals surface area contributed by atoms with Gasteiger partial charge in [-0.3, -0.25) is 4.90 Å². The minimum Gasteiger partial charge on any atom is -0.443 e. The van der Waals surface area contributed by atoms with Crippen molar-refractivity contribution in [3.8, 4) is 0 Å². The van der Waals surface area contributed by atoms with Crippen molar-refractivity contribution in [2.75, 3.05) is 18.0 Å². The van der Waals surface area contributed by atoms with Crippen LogP contribution in [-0.2, 0) is 4.74 Å². The molecule has 1 heterocycles. The average Bonchev–Trinajstić information content (AvgIpc) is 2.67. The number of ether oxygens (including phenoxy) is 1. The number of nitrogens with one attached hydrogen (secondary N) is 1. The van der Waals surface area contributed by atoms with Crippen molar-refractivity contribution < 1.29 is 9.53 Å². The first-order valence-corrected chi connectivity index (χ1v) is 7.75. The van der Waals surface area contributed by atoms with Gasteiger partial charge in [-0.05, 0) is 52.3 Å². The molecule has 21 heavy (non-hydrogen) atoms. The normalized spacial score (nSPS) is 19.7. The largest absolute Gasteiger partial charge is 0.443 e. The van der Waals surface area contributed by atoms with E-state index in [0.717, 1.165) is 38.0 Å². The molecule has 1 atom stereocenters. The lowest BCUT2D eigenvalue weighted by atomic mass is 10.1. The van der Waals surface area contributed by atoms with E-state index in [2.05, 4.69) is 5.32 Å². The summed E-state index contributed by atoms with van der Waals surface area (Å²) in [5.74, 6) is 0. The Morgan fingerprint density at radius 3 is 2.62 bits per heavy atom. The maximum atomic E-state index is 12.6. The number of carbonyl (C=O) groups is 1. The number of para-hydroxylation sites is 1. The topological polar surface area (TPSA) is 41.6 Å². The second kappa shape index (κ2) is 6.94. The molecule has 4 nitrogen and oxygen atoms in total. The van der Waals surface area contributed by atoms with Crippen LogP contribution in [0, 0.1) is 0 Å². The Bertz CT molecular complexity index is 446. The number of benzene rings is 1. The van der Waals surface area contributed by atoms with E-state index in [0.29, 0.717) is 0 Å². The predicted molar refractivity (Wildman–Crippen MR) is 85.7 cm³/mol. The first kappa shape index (κ1) is 15.8. The zero-order chi connectivity index (χ0) is 15.3. The lowest BCUT2D eigenvalue weighted by molar-refractivity contribution is 0.0564. The first-order valence-electron chi connectivity index (χ1n) is 7.75. The molecule has 1 unspecified atom stereocenters. The lowest BCUT2D eigenvalue weighted by Gasteiger charge is -2.33. The quantitative estimate of drug-likeness (QED) is 0.905. The fraction of sp³-hybridized carbons (Fsp3) is 0.588. The van der Waals surface area contributed by atoms with Crippen molar-refractivity contribution in [1.82, 2.24) is 5.32 Å². The molecule has 0 bridgehead atoms. The molecular formula is C17H26N2O2. The summed E-state index contributed by atoms with van der Waals surface area (Å²) in [5, 5.41) is 3.42. The van der Waals surface area contributed by atoms with Crippen LogP contribution >= 0.6 is 0 Å². The van der Waals surface area contributed by atoms with Crippen LogP contribution < -0.4 is 10.2 Å². The highest BCUT2D eigenvalue weighted by molar-refractivity contribution is 5.88. The van der Waals surface area contributed by atoms with Gasteiger partial charge in [0.1, 0.15) is 5.60 Å². The van der Waals surface area contributed by atoms with Gasteiger partial charge < -0.3 is 10.1 Å². The maximum absolute atomic E-state index is 12.6. The van der Waals surface area contributed by atoms with Crippen LogP contribution in [0.1, 0.15) is 40.0 Å². The van der Waals surface area contributed by atoms with E-state index in [9.17, 15) is 4.79 Å². The van der Waals surface area contributed by atoms with Gasteiger partial charge in [0.2, 0.25) is 0 Å². The van der Waals surface area contributed by atoms with Crippen molar-refractivity contribution in [3.63, 3.8) is 0 Å². The number of carbonyl (C=O) groups excluding carboxylic acids is 1. The molecule has 116 valence electrons. The van der Waals surface area contributed by atoms with Gasteiger partial charge in [-0.2, -0.15) is 0 Å². The first-order chi connectivity index (χ1) is 9.97. The molecule has 1 aromatic carbocycles. The standard InChI is InChI=1S/C17H26N2O2/c1-17(2,3)21-16(20)19(14-9-5-4-6-10-14)15-11-7-8-12-18-13-15/h4-6,9-10,15,18H,7-8,11-13H2,1-3H3. The van der Waals surface area contributed by atoms with Gasteiger partial charge in [0.05, 0.1) is 6.04 Å². The van der Waals surface area contributed by atoms with Crippen LogP contribution in [0.15, 0.2) is 30.3 Å². The summed E-state index contributed by atoms with van der Waals surface area (Å²) in [5.41, 5.74) is 0.419. The predicted octanol–water partition coefficient (Wildman–Crippen LogP) is 3.57. The van der Waals surface area contributed by atoms with E-state index in [4.69, 9.17) is 4.74 Å². The molecule has 1 aliphatic rings. The molecule has 1 N–H and O–H groups in total. The highest BCUT2D eigenvalue weighted by atomic mass is 16.6. The minimum atomic E-state index is -0.484. The zero-order valence-corrected chi connectivity index (χ0v) is 13.3. The average molecular weight is 290 g/mol. The Kier molecular flexibility index (Phi) is 5.23. The van der Waals surface area contributed by atoms with E-state index in [1.165, 1.54) is 0 Å². The van der Waals surface area contributed by atoms with Crippen LogP contribution in [0.3, 0.4) is 0 Å². The van der Waals surface area contributed by atoms with Gasteiger partial charge >= 0.3 is 6.09 Å². The second-order valence-electron chi connectivity index (χ2n) is 6.54. The molecule has 1 amide bonds. The van der Waals surface area contributed by atoms with Crippen molar-refractivity contribution in [2.24, 2.45) is 0 Å². The fourth-order valence-corrected chi connectivity index (χ4v) is 2.59. The maximum Gasteiger partial charge on any atom is 0.415 e. The Hall–Kier alpha value is -1.55. The third kappa shape index (κ3) is 4.74. The molecule has 1 fully saturated rings. The van der Waals surface area contributed by atoms with E-state index in [1.54, 1.807) is 0 Å². The van der Waals surface area contributed by atoms with Crippen LogP contribution in [-0.4, -0.2) is 30.8 Å². The van der Waals surface area contributed by atoms with Gasteiger partial charge in [-0.15, -0.1) is 0 Å². The van der Waals surface area contributed by atoms with Gasteiger partial charge in [0.15, 0.2) is 0 Å². The molecule has 1 aromatic rings. The molecular weight excluding hydrogens is 264 g/mol. The molecule has 4 heteroatoms. The number of hydrogen-bond acceptors (Lipinski definition) is 3. The summed E-state index contributed by atoms with van der Waals surface area (Å²) in [6.07, 6.45) is 3.03. The summed E-state index contributed by atoms with van der Waals surface area (Å²) < 4.78 is 5.61. The van der Waals surface area contributed by atoms with E-state index in [1.807, 2.05) is 56.0 Å². The minimum absolute atomic E-state index is 0.143. The van der Waals surface area contributed by atoms with Crippen molar-refractivity contribution in [2.45, 2.75) is 51.7 Å². The van der Waals surface area contributed by atoms with E-state index < -0.39 is 5.60 Å². The Balaban J connectivity index is 2.23. The third-order valence-corrected chi connectivity index (χ3v) is 3.51. The van der Waals surface area contributed by atoms with Gasteiger partial charge in [-0.25, -0.2) is 4.79 Å². The van der Waals surface area contributed by atoms with Crippen LogP contribution in [0.25, 0.3) is 0 Å². The van der Waals surface area contributed by atoms with E-state index >= 15 is 0 Å². The van der Waals surface area contributed by atoms with Crippen LogP contribution in [0.5, 0.6) is 0 Å². The van der Waals surface area contributed by atoms with Crippen LogP contribution in [0.2, 0.25) is 0 Å². The van der Waals surface area contributed by atoms with E-state index in [-0.39, 0.29) is 12.1 Å². The number of rotatable bonds is 2. The lowest BCUT2D eigenvalue weighted by Crippen LogP contribution is -2.47. The molecule has 0 saturated carbocycles. The monoisotopic (exact) mass is 290 g/mol. The smallest absolute Gasteiger partial charge is 0.415 e. The van der Waals surface area contributed by atoms with Crippen molar-refractivity contribution >= 4 is 11.8 Å². The summed E-state index contributed by atoms with van der Waals surface area (Å²) >= 11 is 0. The Morgan fingerprint density at radius 1 is 1.24 bits per heavy atom. The van der Waals surface area contributed by atoms with Crippen molar-refractivity contribution in [3.05, 3.63) is 30.3 Å².